The van der Waals surface area contributed by atoms with Crippen molar-refractivity contribution in [3.05, 3.63) is 261 Å². The van der Waals surface area contributed by atoms with Gasteiger partial charge in [0, 0.05) is 33.4 Å². The number of furan rings is 1. The molecule has 0 aliphatic rings. The molecule has 12 rings (SSSR count). The molecule has 11 aromatic carbocycles. The van der Waals surface area contributed by atoms with Gasteiger partial charge in [0.2, 0.25) is 0 Å². The van der Waals surface area contributed by atoms with Crippen LogP contribution >= 0.6 is 0 Å². The van der Waals surface area contributed by atoms with E-state index in [9.17, 15) is 0 Å². The van der Waals surface area contributed by atoms with E-state index in [-0.39, 0.29) is 0 Å². The summed E-state index contributed by atoms with van der Waals surface area (Å²) in [6.45, 7) is 0. The van der Waals surface area contributed by atoms with Crippen molar-refractivity contribution in [1.29, 1.82) is 0 Å². The third-order valence-electron chi connectivity index (χ3n) is 12.9. The Balaban J connectivity index is 0.961. The van der Waals surface area contributed by atoms with E-state index in [1.807, 2.05) is 12.1 Å². The average molecular weight is 842 g/mol. The molecule has 310 valence electrons. The van der Waals surface area contributed by atoms with Crippen LogP contribution in [0, 0.1) is 0 Å². The van der Waals surface area contributed by atoms with Crippen LogP contribution in [0.4, 0.5) is 17.1 Å². The Morgan fingerprint density at radius 1 is 0.242 bits per heavy atom. The standard InChI is InChI=1S/C64H43NO/c1-2-17-44(18-3-1)54-24-6-8-26-57(54)59-28-10-11-29-60(59)58-27-9-7-25-55(58)47-37-41-50(42-38-47)65(49-39-35-46(36-40-49)53-31-15-20-45-19-4-5-23-52(45)53)51-22-14-21-48(43-51)56-32-16-33-62-61-30-12-13-34-63(61)66-64(56)62/h1-43H. The SMILES string of the molecule is c1ccc(-c2ccccc2-c2ccccc2-c2ccccc2-c2ccc(N(c3ccc(-c4cccc5ccccc45)cc3)c3cccc(-c4cccc5c4oc4ccccc45)c3)cc2)cc1. The van der Waals surface area contributed by atoms with Crippen molar-refractivity contribution in [2.24, 2.45) is 0 Å². The number of hydrogen-bond donors (Lipinski definition) is 0. The highest BCUT2D eigenvalue weighted by molar-refractivity contribution is 6.10. The van der Waals surface area contributed by atoms with Gasteiger partial charge in [0.25, 0.3) is 0 Å². The van der Waals surface area contributed by atoms with E-state index in [2.05, 4.69) is 254 Å². The maximum Gasteiger partial charge on any atom is 0.143 e. The van der Waals surface area contributed by atoms with Gasteiger partial charge in [-0.05, 0) is 114 Å². The molecule has 0 atom stereocenters. The Kier molecular flexibility index (Phi) is 9.89. The summed E-state index contributed by atoms with van der Waals surface area (Å²) >= 11 is 0. The molecule has 0 aliphatic carbocycles. The van der Waals surface area contributed by atoms with Gasteiger partial charge in [-0.2, -0.15) is 0 Å². The lowest BCUT2D eigenvalue weighted by molar-refractivity contribution is 0.670. The largest absolute Gasteiger partial charge is 0.455 e. The highest BCUT2D eigenvalue weighted by Crippen LogP contribution is 2.44. The molecule has 0 saturated carbocycles. The molecule has 0 radical (unpaired) electrons. The molecule has 66 heavy (non-hydrogen) atoms. The molecule has 1 aromatic heterocycles. The van der Waals surface area contributed by atoms with E-state index in [0.717, 1.165) is 55.7 Å². The van der Waals surface area contributed by atoms with Gasteiger partial charge in [-0.3, -0.25) is 0 Å². The minimum absolute atomic E-state index is 0.895. The first-order chi connectivity index (χ1) is 32.7. The lowest BCUT2D eigenvalue weighted by Crippen LogP contribution is -2.10. The zero-order valence-corrected chi connectivity index (χ0v) is 36.2. The third-order valence-corrected chi connectivity index (χ3v) is 12.9. The molecule has 1 heterocycles. The molecule has 12 aromatic rings. The normalized spacial score (nSPS) is 11.3. The van der Waals surface area contributed by atoms with E-state index < -0.39 is 0 Å². The Morgan fingerprint density at radius 2 is 0.667 bits per heavy atom. The summed E-state index contributed by atoms with van der Waals surface area (Å²) in [6, 6.07) is 93.8. The van der Waals surface area contributed by atoms with Crippen molar-refractivity contribution < 1.29 is 4.42 Å². The third kappa shape index (κ3) is 7.02. The molecule has 0 N–H and O–H groups in total. The Labute approximate surface area is 384 Å². The van der Waals surface area contributed by atoms with Gasteiger partial charge >= 0.3 is 0 Å². The molecule has 2 heteroatoms. The van der Waals surface area contributed by atoms with Gasteiger partial charge in [-0.25, -0.2) is 0 Å². The summed E-state index contributed by atoms with van der Waals surface area (Å²) in [5.74, 6) is 0. The van der Waals surface area contributed by atoms with Gasteiger partial charge in [0.1, 0.15) is 11.2 Å². The number of rotatable bonds is 9. The summed E-state index contributed by atoms with van der Waals surface area (Å²) in [5, 5.41) is 4.73. The van der Waals surface area contributed by atoms with E-state index >= 15 is 0 Å². The second-order valence-corrected chi connectivity index (χ2v) is 16.8. The van der Waals surface area contributed by atoms with Crippen LogP contribution in [-0.4, -0.2) is 0 Å². The zero-order valence-electron chi connectivity index (χ0n) is 36.2. The van der Waals surface area contributed by atoms with Gasteiger partial charge in [0.15, 0.2) is 0 Å². The lowest BCUT2D eigenvalue weighted by Gasteiger charge is -2.26. The molecule has 0 bridgehead atoms. The van der Waals surface area contributed by atoms with Crippen molar-refractivity contribution in [1.82, 2.24) is 0 Å². The number of hydrogen-bond acceptors (Lipinski definition) is 2. The smallest absolute Gasteiger partial charge is 0.143 e. The number of benzene rings is 11. The minimum Gasteiger partial charge on any atom is -0.455 e. The summed E-state index contributed by atoms with van der Waals surface area (Å²) in [5.41, 5.74) is 19.1. The van der Waals surface area contributed by atoms with Crippen LogP contribution in [0.5, 0.6) is 0 Å². The van der Waals surface area contributed by atoms with E-state index in [4.69, 9.17) is 4.42 Å². The molecule has 0 aliphatic heterocycles. The molecular weight excluding hydrogens is 799 g/mol. The molecule has 0 saturated heterocycles. The van der Waals surface area contributed by atoms with Crippen LogP contribution in [0.25, 0.3) is 99.5 Å². The number of nitrogens with zero attached hydrogens (tertiary/aromatic N) is 1. The topological polar surface area (TPSA) is 16.4 Å². The van der Waals surface area contributed by atoms with Crippen molar-refractivity contribution >= 4 is 49.8 Å². The van der Waals surface area contributed by atoms with Gasteiger partial charge < -0.3 is 9.32 Å². The molecule has 0 fully saturated rings. The lowest BCUT2D eigenvalue weighted by atomic mass is 9.87. The fourth-order valence-corrected chi connectivity index (χ4v) is 9.80. The first-order valence-corrected chi connectivity index (χ1v) is 22.6. The maximum absolute atomic E-state index is 6.53. The van der Waals surface area contributed by atoms with E-state index in [1.54, 1.807) is 0 Å². The fraction of sp³-hybridized carbons (Fsp3) is 0. The van der Waals surface area contributed by atoms with Crippen molar-refractivity contribution in [2.75, 3.05) is 4.90 Å². The van der Waals surface area contributed by atoms with Gasteiger partial charge in [-0.15, -0.1) is 0 Å². The zero-order chi connectivity index (χ0) is 43.8. The average Bonchev–Trinajstić information content (AvgIpc) is 3.79. The Bertz CT molecular complexity index is 3690. The van der Waals surface area contributed by atoms with Gasteiger partial charge in [0.05, 0.1) is 0 Å². The van der Waals surface area contributed by atoms with Gasteiger partial charge in [-0.1, -0.05) is 218 Å². The second-order valence-electron chi connectivity index (χ2n) is 16.8. The van der Waals surface area contributed by atoms with Crippen LogP contribution in [0.1, 0.15) is 0 Å². The van der Waals surface area contributed by atoms with E-state index in [0.29, 0.717) is 0 Å². The number of fused-ring (bicyclic) bond motifs is 4. The molecule has 0 unspecified atom stereocenters. The Morgan fingerprint density at radius 3 is 1.33 bits per heavy atom. The molecule has 2 nitrogen and oxygen atoms in total. The maximum atomic E-state index is 6.53. The molecule has 0 amide bonds. The summed E-state index contributed by atoms with van der Waals surface area (Å²) in [7, 11) is 0. The van der Waals surface area contributed by atoms with Crippen molar-refractivity contribution in [3.63, 3.8) is 0 Å². The summed E-state index contributed by atoms with van der Waals surface area (Å²) in [6.07, 6.45) is 0. The minimum atomic E-state index is 0.895. The van der Waals surface area contributed by atoms with Crippen LogP contribution in [0.2, 0.25) is 0 Å². The highest BCUT2D eigenvalue weighted by Gasteiger charge is 2.19. The summed E-state index contributed by atoms with van der Waals surface area (Å²) < 4.78 is 6.53. The van der Waals surface area contributed by atoms with E-state index in [1.165, 1.54) is 60.8 Å². The summed E-state index contributed by atoms with van der Waals surface area (Å²) in [4.78, 5) is 2.36. The van der Waals surface area contributed by atoms with Crippen LogP contribution in [-0.2, 0) is 0 Å². The fourth-order valence-electron chi connectivity index (χ4n) is 9.80. The first kappa shape index (κ1) is 38.9. The number of anilines is 3. The molecular formula is C64H43NO. The van der Waals surface area contributed by atoms with Crippen molar-refractivity contribution in [2.45, 2.75) is 0 Å². The quantitative estimate of drug-likeness (QED) is 0.144. The molecule has 0 spiro atoms. The first-order valence-electron chi connectivity index (χ1n) is 22.6. The van der Waals surface area contributed by atoms with Crippen LogP contribution < -0.4 is 4.90 Å². The Hall–Kier alpha value is -8.72. The predicted molar refractivity (Wildman–Crippen MR) is 279 cm³/mol. The van der Waals surface area contributed by atoms with Crippen LogP contribution in [0.15, 0.2) is 265 Å². The van der Waals surface area contributed by atoms with Crippen molar-refractivity contribution in [3.8, 4) is 66.8 Å². The number of para-hydroxylation sites is 2. The monoisotopic (exact) mass is 841 g/mol. The van der Waals surface area contributed by atoms with Crippen LogP contribution in [0.3, 0.4) is 0 Å². The second kappa shape index (κ2) is 16.8. The highest BCUT2D eigenvalue weighted by atomic mass is 16.3. The predicted octanol–water partition coefficient (Wildman–Crippen LogP) is 18.2.